The Labute approximate surface area is 96.3 Å². The summed E-state index contributed by atoms with van der Waals surface area (Å²) < 4.78 is 26.8. The van der Waals surface area contributed by atoms with E-state index in [2.05, 4.69) is 4.72 Å². The van der Waals surface area contributed by atoms with E-state index in [-0.39, 0.29) is 6.42 Å². The van der Waals surface area contributed by atoms with E-state index in [0.717, 1.165) is 4.31 Å². The third-order valence-corrected chi connectivity index (χ3v) is 3.65. The molecule has 16 heavy (non-hydrogen) atoms. The number of carbonyl (C=O) groups is 1. The Hall–Kier alpha value is -0.700. The van der Waals surface area contributed by atoms with Crippen LogP contribution in [0, 0.1) is 0 Å². The Morgan fingerprint density at radius 1 is 1.50 bits per heavy atom. The van der Waals surface area contributed by atoms with Crippen LogP contribution in [-0.2, 0) is 15.0 Å². The van der Waals surface area contributed by atoms with E-state index >= 15 is 0 Å². The zero-order chi connectivity index (χ0) is 12.8. The minimum Gasteiger partial charge on any atom is -0.370 e. The van der Waals surface area contributed by atoms with Gasteiger partial charge >= 0.3 is 0 Å². The fourth-order valence-electron chi connectivity index (χ4n) is 1.12. The summed E-state index contributed by atoms with van der Waals surface area (Å²) in [6.45, 7) is 2.35. The Bertz CT molecular complexity index is 317. The Balaban J connectivity index is 4.27. The summed E-state index contributed by atoms with van der Waals surface area (Å²) >= 11 is 0. The van der Waals surface area contributed by atoms with Crippen molar-refractivity contribution in [3.05, 3.63) is 0 Å². The van der Waals surface area contributed by atoms with Crippen LogP contribution in [0.3, 0.4) is 0 Å². The van der Waals surface area contributed by atoms with Crippen LogP contribution in [-0.4, -0.2) is 44.8 Å². The lowest BCUT2D eigenvalue weighted by Gasteiger charge is -2.20. The van der Waals surface area contributed by atoms with E-state index in [0.29, 0.717) is 19.5 Å². The van der Waals surface area contributed by atoms with Gasteiger partial charge in [0, 0.05) is 26.1 Å². The lowest BCUT2D eigenvalue weighted by atomic mass is 10.2. The molecule has 0 heterocycles. The second kappa shape index (κ2) is 6.79. The quantitative estimate of drug-likeness (QED) is 0.480. The average molecular weight is 252 g/mol. The van der Waals surface area contributed by atoms with Crippen LogP contribution in [0.1, 0.15) is 19.8 Å². The molecule has 0 aliphatic heterocycles. The molecule has 0 rings (SSSR count). The SMILES string of the molecule is CC(CC(N)=O)NS(=O)(=O)N(C)CCCN. The number of nitrogens with zero attached hydrogens (tertiary/aromatic N) is 1. The van der Waals surface area contributed by atoms with Crippen LogP contribution < -0.4 is 16.2 Å². The third kappa shape index (κ3) is 6.01. The van der Waals surface area contributed by atoms with Crippen molar-refractivity contribution in [3.63, 3.8) is 0 Å². The minimum atomic E-state index is -3.56. The van der Waals surface area contributed by atoms with Crippen LogP contribution in [0.25, 0.3) is 0 Å². The molecular formula is C8H20N4O3S. The van der Waals surface area contributed by atoms with Crippen LogP contribution in [0.2, 0.25) is 0 Å². The van der Waals surface area contributed by atoms with Gasteiger partial charge in [0.05, 0.1) is 0 Å². The fraction of sp³-hybridized carbons (Fsp3) is 0.875. The van der Waals surface area contributed by atoms with Crippen molar-refractivity contribution in [2.45, 2.75) is 25.8 Å². The average Bonchev–Trinajstić information content (AvgIpc) is 2.11. The number of nitrogens with two attached hydrogens (primary N) is 2. The minimum absolute atomic E-state index is 0.0239. The van der Waals surface area contributed by atoms with Crippen LogP contribution in [0.4, 0.5) is 0 Å². The lowest BCUT2D eigenvalue weighted by molar-refractivity contribution is -0.118. The number of amides is 1. The molecule has 0 bridgehead atoms. The lowest BCUT2D eigenvalue weighted by Crippen LogP contribution is -2.44. The molecule has 0 aliphatic rings. The standard InChI is InChI=1S/C8H20N4O3S/c1-7(6-8(10)13)11-16(14,15)12(2)5-3-4-9/h7,11H,3-6,9H2,1-2H3,(H2,10,13). The molecule has 5 N–H and O–H groups in total. The molecule has 0 spiro atoms. The second-order valence-corrected chi connectivity index (χ2v) is 5.47. The van der Waals surface area contributed by atoms with Crippen molar-refractivity contribution in [1.82, 2.24) is 9.03 Å². The van der Waals surface area contributed by atoms with Gasteiger partial charge in [-0.3, -0.25) is 4.79 Å². The van der Waals surface area contributed by atoms with Crippen molar-refractivity contribution >= 4 is 16.1 Å². The first-order valence-electron chi connectivity index (χ1n) is 5.01. The first kappa shape index (κ1) is 15.3. The molecule has 96 valence electrons. The molecule has 1 amide bonds. The molecule has 0 aliphatic carbocycles. The van der Waals surface area contributed by atoms with E-state index in [1.54, 1.807) is 6.92 Å². The van der Waals surface area contributed by atoms with Crippen molar-refractivity contribution in [3.8, 4) is 0 Å². The maximum absolute atomic E-state index is 11.7. The summed E-state index contributed by atoms with van der Waals surface area (Å²) in [5.74, 6) is -0.542. The first-order chi connectivity index (χ1) is 7.29. The highest BCUT2D eigenvalue weighted by Gasteiger charge is 2.20. The van der Waals surface area contributed by atoms with E-state index in [1.807, 2.05) is 0 Å². The highest BCUT2D eigenvalue weighted by atomic mass is 32.2. The molecule has 1 unspecified atom stereocenters. The number of hydrogen-bond acceptors (Lipinski definition) is 4. The molecule has 0 fully saturated rings. The van der Waals surface area contributed by atoms with E-state index in [9.17, 15) is 13.2 Å². The Kier molecular flexibility index (Phi) is 6.49. The number of primary amides is 1. The first-order valence-corrected chi connectivity index (χ1v) is 6.45. The van der Waals surface area contributed by atoms with E-state index < -0.39 is 22.2 Å². The van der Waals surface area contributed by atoms with Gasteiger partial charge in [-0.05, 0) is 19.9 Å². The van der Waals surface area contributed by atoms with Gasteiger partial charge in [-0.25, -0.2) is 0 Å². The topological polar surface area (TPSA) is 119 Å². The van der Waals surface area contributed by atoms with Crippen LogP contribution in [0.5, 0.6) is 0 Å². The van der Waals surface area contributed by atoms with Crippen LogP contribution >= 0.6 is 0 Å². The molecule has 7 nitrogen and oxygen atoms in total. The maximum Gasteiger partial charge on any atom is 0.279 e. The van der Waals surface area contributed by atoms with E-state index in [1.165, 1.54) is 7.05 Å². The smallest absolute Gasteiger partial charge is 0.279 e. The predicted molar refractivity (Wildman–Crippen MR) is 61.6 cm³/mol. The molecule has 0 aromatic carbocycles. The van der Waals surface area contributed by atoms with E-state index in [4.69, 9.17) is 11.5 Å². The van der Waals surface area contributed by atoms with Gasteiger partial charge in [-0.1, -0.05) is 0 Å². The van der Waals surface area contributed by atoms with Gasteiger partial charge in [-0.15, -0.1) is 0 Å². The summed E-state index contributed by atoms with van der Waals surface area (Å²) in [6.07, 6.45) is 0.561. The molecule has 8 heteroatoms. The largest absolute Gasteiger partial charge is 0.370 e. The molecular weight excluding hydrogens is 232 g/mol. The van der Waals surface area contributed by atoms with Gasteiger partial charge in [0.25, 0.3) is 10.2 Å². The molecule has 1 atom stereocenters. The molecule has 0 aromatic heterocycles. The Morgan fingerprint density at radius 2 is 2.06 bits per heavy atom. The van der Waals surface area contributed by atoms with Crippen molar-refractivity contribution in [2.24, 2.45) is 11.5 Å². The highest BCUT2D eigenvalue weighted by Crippen LogP contribution is 1.99. The summed E-state index contributed by atoms with van der Waals surface area (Å²) in [7, 11) is -2.10. The normalized spacial score (nSPS) is 14.0. The zero-order valence-electron chi connectivity index (χ0n) is 9.64. The summed E-state index contributed by atoms with van der Waals surface area (Å²) in [5.41, 5.74) is 10.2. The summed E-state index contributed by atoms with van der Waals surface area (Å²) in [6, 6.07) is -0.511. The number of hydrogen-bond donors (Lipinski definition) is 3. The fourth-order valence-corrected chi connectivity index (χ4v) is 2.26. The van der Waals surface area contributed by atoms with Gasteiger partial charge in [0.15, 0.2) is 0 Å². The van der Waals surface area contributed by atoms with Gasteiger partial charge in [0.1, 0.15) is 0 Å². The van der Waals surface area contributed by atoms with Crippen molar-refractivity contribution < 1.29 is 13.2 Å². The molecule has 0 aromatic rings. The predicted octanol–water partition coefficient (Wildman–Crippen LogP) is -1.63. The number of rotatable bonds is 8. The van der Waals surface area contributed by atoms with Gasteiger partial charge < -0.3 is 11.5 Å². The summed E-state index contributed by atoms with van der Waals surface area (Å²) in [5, 5.41) is 0. The maximum atomic E-state index is 11.7. The zero-order valence-corrected chi connectivity index (χ0v) is 10.5. The van der Waals surface area contributed by atoms with Crippen molar-refractivity contribution in [1.29, 1.82) is 0 Å². The molecule has 0 radical (unpaired) electrons. The second-order valence-electron chi connectivity index (χ2n) is 3.66. The highest BCUT2D eigenvalue weighted by molar-refractivity contribution is 7.87. The van der Waals surface area contributed by atoms with Crippen molar-refractivity contribution in [2.75, 3.05) is 20.1 Å². The number of nitrogens with one attached hydrogen (secondary N) is 1. The molecule has 0 saturated carbocycles. The Morgan fingerprint density at radius 3 is 2.50 bits per heavy atom. The molecule has 0 saturated heterocycles. The summed E-state index contributed by atoms with van der Waals surface area (Å²) in [4.78, 5) is 10.6. The van der Waals surface area contributed by atoms with Gasteiger partial charge in [0.2, 0.25) is 5.91 Å². The third-order valence-electron chi connectivity index (χ3n) is 1.94. The van der Waals surface area contributed by atoms with Gasteiger partial charge in [-0.2, -0.15) is 17.4 Å². The van der Waals surface area contributed by atoms with Crippen LogP contribution in [0.15, 0.2) is 0 Å². The number of carbonyl (C=O) groups excluding carboxylic acids is 1. The monoisotopic (exact) mass is 252 g/mol.